The molecule has 0 radical (unpaired) electrons. The molecule has 3 aromatic carbocycles. The molecule has 3 atom stereocenters. The fourth-order valence-electron chi connectivity index (χ4n) is 6.37. The predicted molar refractivity (Wildman–Crippen MR) is 138 cm³/mol. The van der Waals surface area contributed by atoms with E-state index < -0.39 is 28.8 Å². The first-order chi connectivity index (χ1) is 18.5. The molecule has 186 valence electrons. The van der Waals surface area contributed by atoms with Crippen molar-refractivity contribution in [2.75, 3.05) is 12.4 Å². The van der Waals surface area contributed by atoms with E-state index in [-0.39, 0.29) is 24.2 Å². The number of fused-ring (bicyclic) bond motifs is 3. The van der Waals surface area contributed by atoms with Crippen molar-refractivity contribution >= 4 is 17.4 Å². The number of benzene rings is 3. The molecule has 0 aromatic heterocycles. The van der Waals surface area contributed by atoms with Crippen LogP contribution in [0, 0.1) is 28.1 Å². The van der Waals surface area contributed by atoms with Gasteiger partial charge in [-0.3, -0.25) is 9.59 Å². The molecule has 0 saturated heterocycles. The highest BCUT2D eigenvalue weighted by molar-refractivity contribution is 6.18. The quantitative estimate of drug-likeness (QED) is 0.535. The Kier molecular flexibility index (Phi) is 5.33. The summed E-state index contributed by atoms with van der Waals surface area (Å²) in [4.78, 5) is 28.3. The first-order valence-electron chi connectivity index (χ1n) is 12.4. The first-order valence-corrected chi connectivity index (χ1v) is 12.4. The summed E-state index contributed by atoms with van der Waals surface area (Å²) in [5.74, 6) is -0.863. The molecular formula is C31H23N3O4. The van der Waals surface area contributed by atoms with Crippen molar-refractivity contribution in [3.05, 3.63) is 107 Å². The number of carbonyl (C=O) groups is 2. The van der Waals surface area contributed by atoms with Crippen LogP contribution in [0.5, 0.6) is 5.75 Å². The standard InChI is InChI=1S/C31H23N3O4/c1-37-21-12-13-24-23(14-21)31(29(36)34-24)28-25(35)16-26(20-10-6-3-7-11-20)38-27(28)15-22(30(31,17-32)18-33)19-8-4-2-5-9-19/h2-14,22,26H,15-16H2,1H3,(H,34,36)/t22-,26+,31-/m1/s1. The van der Waals surface area contributed by atoms with Gasteiger partial charge in [0.25, 0.3) is 0 Å². The minimum atomic E-state index is -1.94. The molecule has 1 aliphatic carbocycles. The summed E-state index contributed by atoms with van der Waals surface area (Å²) in [6.07, 6.45) is -0.425. The van der Waals surface area contributed by atoms with Crippen LogP contribution in [0.4, 0.5) is 5.69 Å². The average molecular weight is 502 g/mol. The molecule has 38 heavy (non-hydrogen) atoms. The second-order valence-electron chi connectivity index (χ2n) is 9.76. The van der Waals surface area contributed by atoms with E-state index >= 15 is 0 Å². The largest absolute Gasteiger partial charge is 0.497 e. The Balaban J connectivity index is 1.68. The lowest BCUT2D eigenvalue weighted by molar-refractivity contribution is -0.129. The van der Waals surface area contributed by atoms with Gasteiger partial charge in [-0.05, 0) is 29.3 Å². The molecule has 3 aliphatic rings. The van der Waals surface area contributed by atoms with Gasteiger partial charge in [-0.15, -0.1) is 0 Å². The predicted octanol–water partition coefficient (Wildman–Crippen LogP) is 5.09. The molecule has 7 heteroatoms. The third kappa shape index (κ3) is 2.99. The van der Waals surface area contributed by atoms with E-state index in [2.05, 4.69) is 17.5 Å². The number of nitriles is 2. The van der Waals surface area contributed by atoms with Crippen LogP contribution in [0.1, 0.15) is 41.6 Å². The van der Waals surface area contributed by atoms with E-state index in [1.54, 1.807) is 18.2 Å². The third-order valence-electron chi connectivity index (χ3n) is 8.04. The van der Waals surface area contributed by atoms with E-state index in [4.69, 9.17) is 9.47 Å². The van der Waals surface area contributed by atoms with Gasteiger partial charge in [-0.25, -0.2) is 0 Å². The van der Waals surface area contributed by atoms with Gasteiger partial charge < -0.3 is 14.8 Å². The smallest absolute Gasteiger partial charge is 0.242 e. The molecule has 0 saturated carbocycles. The molecule has 6 rings (SSSR count). The number of carbonyl (C=O) groups excluding carboxylic acids is 2. The SMILES string of the molecule is COc1ccc2c(c1)[C@]1(C(=O)N2)C2=C(C[C@H](c3ccccc3)C1(C#N)C#N)O[C@H](c1ccccc1)CC2=O. The number of ether oxygens (including phenoxy) is 2. The number of hydrogen-bond acceptors (Lipinski definition) is 6. The van der Waals surface area contributed by atoms with Crippen LogP contribution in [0.2, 0.25) is 0 Å². The molecule has 1 amide bonds. The Bertz CT molecular complexity index is 1570. The number of allylic oxidation sites excluding steroid dienone is 1. The maximum Gasteiger partial charge on any atom is 0.242 e. The summed E-state index contributed by atoms with van der Waals surface area (Å²) >= 11 is 0. The summed E-state index contributed by atoms with van der Waals surface area (Å²) in [6, 6.07) is 28.1. The van der Waals surface area contributed by atoms with E-state index in [1.165, 1.54) is 7.11 Å². The molecule has 1 spiro atoms. The minimum absolute atomic E-state index is 0.0138. The van der Waals surface area contributed by atoms with Crippen molar-refractivity contribution in [2.24, 2.45) is 5.41 Å². The lowest BCUT2D eigenvalue weighted by Crippen LogP contribution is -2.58. The lowest BCUT2D eigenvalue weighted by atomic mass is 9.47. The number of amides is 1. The lowest BCUT2D eigenvalue weighted by Gasteiger charge is -2.49. The highest BCUT2D eigenvalue weighted by Crippen LogP contribution is 2.65. The number of ketones is 1. The number of nitrogens with zero attached hydrogens (tertiary/aromatic N) is 2. The zero-order valence-corrected chi connectivity index (χ0v) is 20.6. The Labute approximate surface area is 219 Å². The van der Waals surface area contributed by atoms with Crippen LogP contribution in [-0.4, -0.2) is 18.8 Å². The molecule has 1 N–H and O–H groups in total. The van der Waals surface area contributed by atoms with Crippen LogP contribution >= 0.6 is 0 Å². The first kappa shape index (κ1) is 23.5. The van der Waals surface area contributed by atoms with Crippen LogP contribution in [0.15, 0.2) is 90.2 Å². The average Bonchev–Trinajstić information content (AvgIpc) is 3.25. The molecule has 0 fully saturated rings. The van der Waals surface area contributed by atoms with E-state index in [9.17, 15) is 20.1 Å². The van der Waals surface area contributed by atoms with Gasteiger partial charge in [-0.1, -0.05) is 60.7 Å². The van der Waals surface area contributed by atoms with E-state index in [0.29, 0.717) is 28.3 Å². The zero-order chi connectivity index (χ0) is 26.5. The molecule has 2 aliphatic heterocycles. The van der Waals surface area contributed by atoms with Gasteiger partial charge in [-0.2, -0.15) is 10.5 Å². The van der Waals surface area contributed by atoms with Gasteiger partial charge >= 0.3 is 0 Å². The normalized spacial score (nSPS) is 24.9. The van der Waals surface area contributed by atoms with E-state index in [1.807, 2.05) is 60.7 Å². The summed E-state index contributed by atoms with van der Waals surface area (Å²) in [5.41, 5.74) is -1.40. The minimum Gasteiger partial charge on any atom is -0.497 e. The van der Waals surface area contributed by atoms with Gasteiger partial charge in [0.05, 0.1) is 31.2 Å². The Morgan fingerprint density at radius 1 is 0.921 bits per heavy atom. The number of anilines is 1. The topological polar surface area (TPSA) is 112 Å². The second-order valence-corrected chi connectivity index (χ2v) is 9.76. The number of methoxy groups -OCH3 is 1. The van der Waals surface area contributed by atoms with Gasteiger partial charge in [0, 0.05) is 23.6 Å². The van der Waals surface area contributed by atoms with Crippen molar-refractivity contribution in [3.63, 3.8) is 0 Å². The fraction of sp³-hybridized carbons (Fsp3) is 0.226. The van der Waals surface area contributed by atoms with Gasteiger partial charge in [0.15, 0.2) is 11.2 Å². The molecule has 0 unspecified atom stereocenters. The van der Waals surface area contributed by atoms with Crippen LogP contribution in [-0.2, 0) is 19.7 Å². The Morgan fingerprint density at radius 3 is 2.21 bits per heavy atom. The Hall–Kier alpha value is -4.88. The van der Waals surface area contributed by atoms with Crippen LogP contribution in [0.25, 0.3) is 0 Å². The van der Waals surface area contributed by atoms with Crippen LogP contribution in [0.3, 0.4) is 0 Å². The number of nitrogens with one attached hydrogen (secondary N) is 1. The maximum atomic E-state index is 14.2. The van der Waals surface area contributed by atoms with Crippen molar-refractivity contribution in [1.29, 1.82) is 10.5 Å². The summed E-state index contributed by atoms with van der Waals surface area (Å²) in [5, 5.41) is 24.5. The van der Waals surface area contributed by atoms with Gasteiger partial charge in [0.1, 0.15) is 23.0 Å². The molecule has 2 heterocycles. The number of Topliss-reactive ketones (excluding diaryl/α,β-unsaturated/α-hetero) is 1. The second kappa shape index (κ2) is 8.61. The van der Waals surface area contributed by atoms with Gasteiger partial charge in [0.2, 0.25) is 5.91 Å². The number of rotatable bonds is 3. The summed E-state index contributed by atoms with van der Waals surface area (Å²) < 4.78 is 12.0. The third-order valence-corrected chi connectivity index (χ3v) is 8.04. The van der Waals surface area contributed by atoms with Crippen molar-refractivity contribution in [1.82, 2.24) is 0 Å². The number of hydrogen-bond donors (Lipinski definition) is 1. The fourth-order valence-corrected chi connectivity index (χ4v) is 6.37. The summed E-state index contributed by atoms with van der Waals surface area (Å²) in [6.45, 7) is 0. The van der Waals surface area contributed by atoms with E-state index in [0.717, 1.165) is 5.56 Å². The monoisotopic (exact) mass is 501 g/mol. The highest BCUT2D eigenvalue weighted by Gasteiger charge is 2.72. The van der Waals surface area contributed by atoms with Crippen molar-refractivity contribution < 1.29 is 19.1 Å². The molecular weight excluding hydrogens is 478 g/mol. The van der Waals surface area contributed by atoms with Crippen LogP contribution < -0.4 is 10.1 Å². The maximum absolute atomic E-state index is 14.2. The molecule has 7 nitrogen and oxygen atoms in total. The van der Waals surface area contributed by atoms with Crippen molar-refractivity contribution in [2.45, 2.75) is 30.3 Å². The highest BCUT2D eigenvalue weighted by atomic mass is 16.5. The zero-order valence-electron chi connectivity index (χ0n) is 20.6. The Morgan fingerprint density at radius 2 is 1.58 bits per heavy atom. The molecule has 3 aromatic rings. The summed E-state index contributed by atoms with van der Waals surface area (Å²) in [7, 11) is 1.50. The van der Waals surface area contributed by atoms with Crippen molar-refractivity contribution in [3.8, 4) is 17.9 Å². The molecule has 0 bridgehead atoms.